The van der Waals surface area contributed by atoms with Crippen molar-refractivity contribution in [3.8, 4) is 0 Å². The van der Waals surface area contributed by atoms with Crippen LogP contribution >= 0.6 is 19.1 Å². The molecule has 0 saturated carbocycles. The lowest BCUT2D eigenvalue weighted by atomic mass is 10.2. The first-order valence-corrected chi connectivity index (χ1v) is 8.19. The highest BCUT2D eigenvalue weighted by molar-refractivity contribution is 8.01. The SMILES string of the molecule is Cc1ccc2c(c1)P(=O)(O)c1cc(C)ccc1S2. The molecule has 2 aromatic carbocycles. The van der Waals surface area contributed by atoms with Gasteiger partial charge in [-0.3, -0.25) is 4.57 Å². The molecule has 1 aliphatic heterocycles. The number of hydrogen-bond donors (Lipinski definition) is 1. The molecule has 2 nitrogen and oxygen atoms in total. The van der Waals surface area contributed by atoms with Gasteiger partial charge in [0.1, 0.15) is 0 Å². The van der Waals surface area contributed by atoms with E-state index in [2.05, 4.69) is 0 Å². The third-order valence-corrected chi connectivity index (χ3v) is 6.60. The summed E-state index contributed by atoms with van der Waals surface area (Å²) in [6.45, 7) is 3.88. The fraction of sp³-hybridized carbons (Fsp3) is 0.143. The predicted molar refractivity (Wildman–Crippen MR) is 75.6 cm³/mol. The minimum atomic E-state index is -3.44. The summed E-state index contributed by atoms with van der Waals surface area (Å²) in [6, 6.07) is 11.5. The van der Waals surface area contributed by atoms with Crippen LogP contribution in [0.4, 0.5) is 0 Å². The Kier molecular flexibility index (Phi) is 2.67. The van der Waals surface area contributed by atoms with Crippen LogP contribution in [0.3, 0.4) is 0 Å². The van der Waals surface area contributed by atoms with Gasteiger partial charge in [-0.1, -0.05) is 35.0 Å². The van der Waals surface area contributed by atoms with Crippen LogP contribution in [0.1, 0.15) is 11.1 Å². The van der Waals surface area contributed by atoms with E-state index in [1.54, 1.807) is 11.8 Å². The van der Waals surface area contributed by atoms with Crippen LogP contribution in [-0.4, -0.2) is 4.89 Å². The molecule has 92 valence electrons. The highest BCUT2D eigenvalue weighted by Gasteiger charge is 2.34. The molecule has 0 unspecified atom stereocenters. The standard InChI is InChI=1S/C14H13O2PS/c1-9-3-5-13-11(7-9)17(15,16)12-8-10(2)4-6-14(12)18-13/h3-8H,1-2H3,(H,15,16). The van der Waals surface area contributed by atoms with Crippen molar-refractivity contribution in [2.24, 2.45) is 0 Å². The summed E-state index contributed by atoms with van der Waals surface area (Å²) in [6.07, 6.45) is 0. The number of hydrogen-bond acceptors (Lipinski definition) is 2. The number of benzene rings is 2. The molecule has 0 amide bonds. The van der Waals surface area contributed by atoms with E-state index >= 15 is 0 Å². The second-order valence-electron chi connectivity index (χ2n) is 4.62. The van der Waals surface area contributed by atoms with Gasteiger partial charge in [-0.05, 0) is 38.1 Å². The van der Waals surface area contributed by atoms with E-state index in [4.69, 9.17) is 0 Å². The van der Waals surface area contributed by atoms with E-state index in [1.165, 1.54) is 0 Å². The molecule has 1 N–H and O–H groups in total. The predicted octanol–water partition coefficient (Wildman–Crippen LogP) is 2.99. The van der Waals surface area contributed by atoms with Gasteiger partial charge in [0, 0.05) is 9.79 Å². The number of aryl methyl sites for hydroxylation is 2. The molecule has 3 rings (SSSR count). The second kappa shape index (κ2) is 3.99. The maximum Gasteiger partial charge on any atom is 0.261 e. The molecule has 0 saturated heterocycles. The molecule has 0 bridgehead atoms. The Morgan fingerprint density at radius 3 is 1.83 bits per heavy atom. The Morgan fingerprint density at radius 2 is 1.39 bits per heavy atom. The van der Waals surface area contributed by atoms with Crippen LogP contribution in [0.5, 0.6) is 0 Å². The molecule has 4 heteroatoms. The Balaban J connectivity index is 2.30. The molecule has 0 atom stereocenters. The molecule has 18 heavy (non-hydrogen) atoms. The Morgan fingerprint density at radius 1 is 0.944 bits per heavy atom. The van der Waals surface area contributed by atoms with Crippen LogP contribution in [0.25, 0.3) is 0 Å². The molecular formula is C14H13O2PS. The Labute approximate surface area is 111 Å². The first kappa shape index (κ1) is 12.0. The molecule has 0 aromatic heterocycles. The maximum absolute atomic E-state index is 12.7. The van der Waals surface area contributed by atoms with Crippen molar-refractivity contribution in [3.63, 3.8) is 0 Å². The van der Waals surface area contributed by atoms with E-state index in [-0.39, 0.29) is 0 Å². The summed E-state index contributed by atoms with van der Waals surface area (Å²) in [7, 11) is -3.44. The van der Waals surface area contributed by atoms with E-state index in [1.807, 2.05) is 50.2 Å². The average molecular weight is 276 g/mol. The minimum absolute atomic E-state index is 0.575. The molecule has 0 spiro atoms. The molecule has 0 fully saturated rings. The Hall–Kier alpha value is -1.02. The van der Waals surface area contributed by atoms with Gasteiger partial charge in [0.25, 0.3) is 7.37 Å². The van der Waals surface area contributed by atoms with E-state index < -0.39 is 7.37 Å². The van der Waals surface area contributed by atoms with E-state index in [0.717, 1.165) is 20.9 Å². The summed E-state index contributed by atoms with van der Waals surface area (Å²) in [5, 5.41) is 1.15. The normalized spacial score (nSPS) is 15.9. The van der Waals surface area contributed by atoms with Crippen LogP contribution < -0.4 is 10.6 Å². The van der Waals surface area contributed by atoms with Gasteiger partial charge < -0.3 is 4.89 Å². The van der Waals surface area contributed by atoms with Crippen molar-refractivity contribution >= 4 is 29.7 Å². The number of rotatable bonds is 0. The summed E-state index contributed by atoms with van der Waals surface area (Å²) < 4.78 is 12.7. The highest BCUT2D eigenvalue weighted by Crippen LogP contribution is 2.49. The first-order valence-electron chi connectivity index (χ1n) is 5.71. The van der Waals surface area contributed by atoms with Gasteiger partial charge in [0.15, 0.2) is 0 Å². The molecule has 0 aliphatic carbocycles. The van der Waals surface area contributed by atoms with Gasteiger partial charge in [-0.15, -0.1) is 0 Å². The molecular weight excluding hydrogens is 263 g/mol. The fourth-order valence-corrected chi connectivity index (χ4v) is 5.77. The van der Waals surface area contributed by atoms with Crippen molar-refractivity contribution in [2.75, 3.05) is 0 Å². The zero-order chi connectivity index (χ0) is 12.9. The van der Waals surface area contributed by atoms with Gasteiger partial charge >= 0.3 is 0 Å². The summed E-state index contributed by atoms with van der Waals surface area (Å²) in [5.74, 6) is 0. The Bertz CT molecular complexity index is 639. The zero-order valence-corrected chi connectivity index (χ0v) is 11.9. The smallest absolute Gasteiger partial charge is 0.261 e. The monoisotopic (exact) mass is 276 g/mol. The third-order valence-electron chi connectivity index (χ3n) is 3.10. The van der Waals surface area contributed by atoms with Crippen LogP contribution in [0.2, 0.25) is 0 Å². The third kappa shape index (κ3) is 1.74. The molecule has 0 radical (unpaired) electrons. The van der Waals surface area contributed by atoms with Crippen LogP contribution in [-0.2, 0) is 4.57 Å². The lowest BCUT2D eigenvalue weighted by molar-refractivity contribution is 0.499. The maximum atomic E-state index is 12.7. The molecule has 2 aromatic rings. The van der Waals surface area contributed by atoms with E-state index in [0.29, 0.717) is 10.6 Å². The van der Waals surface area contributed by atoms with Gasteiger partial charge in [-0.25, -0.2) is 0 Å². The summed E-state index contributed by atoms with van der Waals surface area (Å²) in [5.41, 5.74) is 2.03. The minimum Gasteiger partial charge on any atom is -0.338 e. The number of fused-ring (bicyclic) bond motifs is 2. The fourth-order valence-electron chi connectivity index (χ4n) is 2.15. The topological polar surface area (TPSA) is 37.3 Å². The quantitative estimate of drug-likeness (QED) is 0.752. The largest absolute Gasteiger partial charge is 0.338 e. The average Bonchev–Trinajstić information content (AvgIpc) is 2.32. The van der Waals surface area contributed by atoms with Crippen molar-refractivity contribution in [1.29, 1.82) is 0 Å². The van der Waals surface area contributed by atoms with Gasteiger partial charge in [0.05, 0.1) is 10.6 Å². The van der Waals surface area contributed by atoms with Crippen LogP contribution in [0.15, 0.2) is 46.2 Å². The van der Waals surface area contributed by atoms with E-state index in [9.17, 15) is 9.46 Å². The lowest BCUT2D eigenvalue weighted by Crippen LogP contribution is -2.23. The summed E-state index contributed by atoms with van der Waals surface area (Å²) in [4.78, 5) is 12.3. The van der Waals surface area contributed by atoms with Gasteiger partial charge in [0.2, 0.25) is 0 Å². The van der Waals surface area contributed by atoms with Crippen molar-refractivity contribution < 1.29 is 9.46 Å². The van der Waals surface area contributed by atoms with Crippen molar-refractivity contribution in [3.05, 3.63) is 47.5 Å². The summed E-state index contributed by atoms with van der Waals surface area (Å²) >= 11 is 1.57. The molecule has 1 aliphatic rings. The lowest BCUT2D eigenvalue weighted by Gasteiger charge is -2.24. The first-order chi connectivity index (χ1) is 8.48. The van der Waals surface area contributed by atoms with Gasteiger partial charge in [-0.2, -0.15) is 0 Å². The zero-order valence-electron chi connectivity index (χ0n) is 10.2. The van der Waals surface area contributed by atoms with Crippen LogP contribution in [0, 0.1) is 13.8 Å². The van der Waals surface area contributed by atoms with Crippen molar-refractivity contribution in [2.45, 2.75) is 23.6 Å². The second-order valence-corrected chi connectivity index (χ2v) is 7.82. The highest BCUT2D eigenvalue weighted by atomic mass is 32.2. The molecule has 1 heterocycles. The van der Waals surface area contributed by atoms with Crippen molar-refractivity contribution in [1.82, 2.24) is 0 Å².